The molecule has 0 saturated heterocycles. The summed E-state index contributed by atoms with van der Waals surface area (Å²) >= 11 is 0. The molecule has 0 aliphatic rings. The van der Waals surface area contributed by atoms with Gasteiger partial charge in [0.05, 0.1) is 11.5 Å². The van der Waals surface area contributed by atoms with Crippen molar-refractivity contribution in [2.24, 2.45) is 0 Å². The molecule has 0 heterocycles. The van der Waals surface area contributed by atoms with Gasteiger partial charge in [-0.2, -0.15) is 0 Å². The van der Waals surface area contributed by atoms with Crippen LogP contribution in [-0.4, -0.2) is 18.6 Å². The molecule has 1 aromatic carbocycles. The molecule has 1 aromatic rings. The molecule has 0 fully saturated rings. The topological polar surface area (TPSA) is 64.4 Å². The zero-order valence-corrected chi connectivity index (χ0v) is 10.9. The molecule has 5 heteroatoms. The van der Waals surface area contributed by atoms with Gasteiger partial charge >= 0.3 is 0 Å². The van der Waals surface area contributed by atoms with E-state index in [1.165, 1.54) is 6.07 Å². The second-order valence-electron chi connectivity index (χ2n) is 4.11. The van der Waals surface area contributed by atoms with Gasteiger partial charge in [-0.05, 0) is 12.5 Å². The van der Waals surface area contributed by atoms with Gasteiger partial charge in [-0.3, -0.25) is 10.1 Å². The van der Waals surface area contributed by atoms with Gasteiger partial charge in [0.15, 0.2) is 0 Å². The van der Waals surface area contributed by atoms with Crippen LogP contribution in [0.4, 0.5) is 11.4 Å². The number of anilines is 1. The molecule has 1 N–H and O–H groups in total. The van der Waals surface area contributed by atoms with E-state index in [1.807, 2.05) is 0 Å². The summed E-state index contributed by atoms with van der Waals surface area (Å²) in [4.78, 5) is 10.3. The van der Waals surface area contributed by atoms with Crippen LogP contribution in [0.15, 0.2) is 18.2 Å². The standard InChI is InChI=1S/C13H20N2O3/c1-3-4-5-8-18-10-11-9-12(15(16)17)6-7-13(11)14-2/h6-7,9,14H,3-5,8,10H2,1-2H3. The second-order valence-corrected chi connectivity index (χ2v) is 4.11. The highest BCUT2D eigenvalue weighted by molar-refractivity contribution is 5.55. The summed E-state index contributed by atoms with van der Waals surface area (Å²) in [5.41, 5.74) is 1.79. The van der Waals surface area contributed by atoms with Crippen LogP contribution in [-0.2, 0) is 11.3 Å². The van der Waals surface area contributed by atoms with Gasteiger partial charge in [0, 0.05) is 37.0 Å². The third kappa shape index (κ3) is 4.33. The molecule has 0 atom stereocenters. The van der Waals surface area contributed by atoms with Gasteiger partial charge in [-0.1, -0.05) is 19.8 Å². The Morgan fingerprint density at radius 1 is 1.39 bits per heavy atom. The van der Waals surface area contributed by atoms with E-state index in [0.717, 1.165) is 30.5 Å². The lowest BCUT2D eigenvalue weighted by Gasteiger charge is -2.09. The molecular formula is C13H20N2O3. The van der Waals surface area contributed by atoms with E-state index >= 15 is 0 Å². The van der Waals surface area contributed by atoms with Crippen LogP contribution in [0.25, 0.3) is 0 Å². The van der Waals surface area contributed by atoms with Gasteiger partial charge in [0.25, 0.3) is 5.69 Å². The van der Waals surface area contributed by atoms with Crippen molar-refractivity contribution >= 4 is 11.4 Å². The van der Waals surface area contributed by atoms with Gasteiger partial charge in [0.2, 0.25) is 0 Å². The van der Waals surface area contributed by atoms with Crippen molar-refractivity contribution in [3.05, 3.63) is 33.9 Å². The fraction of sp³-hybridized carbons (Fsp3) is 0.538. The maximum absolute atomic E-state index is 10.7. The molecule has 0 aliphatic carbocycles. The number of nitro groups is 1. The number of hydrogen-bond acceptors (Lipinski definition) is 4. The van der Waals surface area contributed by atoms with E-state index < -0.39 is 0 Å². The molecule has 1 rings (SSSR count). The van der Waals surface area contributed by atoms with E-state index in [0.29, 0.717) is 13.2 Å². The molecule has 0 saturated carbocycles. The number of non-ortho nitro benzene ring substituents is 1. The van der Waals surface area contributed by atoms with Crippen LogP contribution in [0, 0.1) is 10.1 Å². The summed E-state index contributed by atoms with van der Waals surface area (Å²) in [5.74, 6) is 0. The molecule has 0 bridgehead atoms. The van der Waals surface area contributed by atoms with Crippen molar-refractivity contribution in [1.29, 1.82) is 0 Å². The lowest BCUT2D eigenvalue weighted by atomic mass is 10.1. The average molecular weight is 252 g/mol. The summed E-state index contributed by atoms with van der Waals surface area (Å²) in [7, 11) is 1.79. The normalized spacial score (nSPS) is 10.3. The Kier molecular flexibility index (Phi) is 6.14. The molecular weight excluding hydrogens is 232 g/mol. The van der Waals surface area contributed by atoms with E-state index in [-0.39, 0.29) is 10.6 Å². The molecule has 0 unspecified atom stereocenters. The fourth-order valence-electron chi connectivity index (χ4n) is 1.69. The minimum Gasteiger partial charge on any atom is -0.388 e. The van der Waals surface area contributed by atoms with E-state index in [4.69, 9.17) is 4.74 Å². The lowest BCUT2D eigenvalue weighted by Crippen LogP contribution is -2.01. The largest absolute Gasteiger partial charge is 0.388 e. The summed E-state index contributed by atoms with van der Waals surface area (Å²) in [6, 6.07) is 4.76. The average Bonchev–Trinajstić information content (AvgIpc) is 2.38. The third-order valence-corrected chi connectivity index (χ3v) is 2.72. The van der Waals surface area contributed by atoms with Crippen molar-refractivity contribution < 1.29 is 9.66 Å². The predicted octanol–water partition coefficient (Wildman–Crippen LogP) is 3.34. The number of unbranched alkanes of at least 4 members (excludes halogenated alkanes) is 2. The van der Waals surface area contributed by atoms with Gasteiger partial charge < -0.3 is 10.1 Å². The van der Waals surface area contributed by atoms with Crippen molar-refractivity contribution in [1.82, 2.24) is 0 Å². The van der Waals surface area contributed by atoms with E-state index in [9.17, 15) is 10.1 Å². The van der Waals surface area contributed by atoms with Crippen molar-refractivity contribution in [3.63, 3.8) is 0 Å². The molecule has 0 amide bonds. The van der Waals surface area contributed by atoms with Gasteiger partial charge in [-0.25, -0.2) is 0 Å². The first-order valence-electron chi connectivity index (χ1n) is 6.21. The van der Waals surface area contributed by atoms with Crippen LogP contribution in [0.1, 0.15) is 31.7 Å². The number of ether oxygens (including phenoxy) is 1. The SMILES string of the molecule is CCCCCOCc1cc([N+](=O)[O-])ccc1NC. The lowest BCUT2D eigenvalue weighted by molar-refractivity contribution is -0.384. The predicted molar refractivity (Wildman–Crippen MR) is 71.8 cm³/mol. The van der Waals surface area contributed by atoms with Crippen LogP contribution >= 0.6 is 0 Å². The smallest absolute Gasteiger partial charge is 0.269 e. The van der Waals surface area contributed by atoms with Crippen LogP contribution < -0.4 is 5.32 Å². The van der Waals surface area contributed by atoms with E-state index in [1.54, 1.807) is 19.2 Å². The molecule has 0 aromatic heterocycles. The highest BCUT2D eigenvalue weighted by Gasteiger charge is 2.09. The Labute approximate surface area is 107 Å². The first kappa shape index (κ1) is 14.4. The maximum Gasteiger partial charge on any atom is 0.269 e. The first-order chi connectivity index (χ1) is 8.69. The van der Waals surface area contributed by atoms with Crippen molar-refractivity contribution in [2.45, 2.75) is 32.8 Å². The highest BCUT2D eigenvalue weighted by Crippen LogP contribution is 2.22. The number of nitrogens with zero attached hydrogens (tertiary/aromatic N) is 1. The maximum atomic E-state index is 10.7. The zero-order valence-electron chi connectivity index (χ0n) is 10.9. The Morgan fingerprint density at radius 2 is 2.17 bits per heavy atom. The van der Waals surface area contributed by atoms with E-state index in [2.05, 4.69) is 12.2 Å². The highest BCUT2D eigenvalue weighted by atomic mass is 16.6. The van der Waals surface area contributed by atoms with Gasteiger partial charge in [0.1, 0.15) is 0 Å². The first-order valence-corrected chi connectivity index (χ1v) is 6.21. The molecule has 5 nitrogen and oxygen atoms in total. The number of hydrogen-bond donors (Lipinski definition) is 1. The summed E-state index contributed by atoms with van der Waals surface area (Å²) < 4.78 is 5.54. The third-order valence-electron chi connectivity index (χ3n) is 2.72. The quantitative estimate of drug-likeness (QED) is 0.438. The van der Waals surface area contributed by atoms with Crippen LogP contribution in [0.5, 0.6) is 0 Å². The van der Waals surface area contributed by atoms with Crippen LogP contribution in [0.2, 0.25) is 0 Å². The molecule has 0 spiro atoms. The fourth-order valence-corrected chi connectivity index (χ4v) is 1.69. The minimum absolute atomic E-state index is 0.0983. The monoisotopic (exact) mass is 252 g/mol. The van der Waals surface area contributed by atoms with Crippen molar-refractivity contribution in [3.8, 4) is 0 Å². The molecule has 100 valence electrons. The Morgan fingerprint density at radius 3 is 2.78 bits per heavy atom. The number of rotatable bonds is 8. The molecule has 0 radical (unpaired) electrons. The number of nitrogens with one attached hydrogen (secondary N) is 1. The Hall–Kier alpha value is -1.62. The molecule has 0 aliphatic heterocycles. The Balaban J connectivity index is 2.61. The Bertz CT molecular complexity index is 394. The van der Waals surface area contributed by atoms with Crippen LogP contribution in [0.3, 0.4) is 0 Å². The summed E-state index contributed by atoms with van der Waals surface area (Å²) in [6.07, 6.45) is 3.33. The number of benzene rings is 1. The zero-order chi connectivity index (χ0) is 13.4. The van der Waals surface area contributed by atoms with Crippen molar-refractivity contribution in [2.75, 3.05) is 19.0 Å². The number of nitro benzene ring substituents is 1. The minimum atomic E-state index is -0.389. The summed E-state index contributed by atoms with van der Waals surface area (Å²) in [6.45, 7) is 3.24. The summed E-state index contributed by atoms with van der Waals surface area (Å²) in [5, 5.41) is 13.7. The molecule has 18 heavy (non-hydrogen) atoms. The van der Waals surface area contributed by atoms with Gasteiger partial charge in [-0.15, -0.1) is 0 Å². The second kappa shape index (κ2) is 7.66.